The van der Waals surface area contributed by atoms with E-state index in [2.05, 4.69) is 9.71 Å². The molecule has 2 aromatic rings. The van der Waals surface area contributed by atoms with Crippen LogP contribution >= 0.6 is 0 Å². The number of amides is 1. The molecule has 0 spiro atoms. The third kappa shape index (κ3) is 4.30. The summed E-state index contributed by atoms with van der Waals surface area (Å²) in [5, 5.41) is 12.0. The highest BCUT2D eigenvalue weighted by Crippen LogP contribution is 2.34. The molecule has 0 bridgehead atoms. The lowest BCUT2D eigenvalue weighted by molar-refractivity contribution is 0.0922. The van der Waals surface area contributed by atoms with Gasteiger partial charge in [0.2, 0.25) is 0 Å². The number of benzene rings is 2. The molecule has 2 heterocycles. The first kappa shape index (κ1) is 21.8. The molecule has 0 saturated carbocycles. The second kappa shape index (κ2) is 8.60. The molecule has 1 saturated heterocycles. The van der Waals surface area contributed by atoms with Crippen molar-refractivity contribution in [1.82, 2.24) is 10.2 Å². The summed E-state index contributed by atoms with van der Waals surface area (Å²) in [5.41, 5.74) is 3.27. The van der Waals surface area contributed by atoms with Gasteiger partial charge in [-0.3, -0.25) is 4.79 Å². The van der Waals surface area contributed by atoms with Crippen LogP contribution in [0.1, 0.15) is 46.8 Å². The number of carbonyl (C=O) groups excluding carboxylic acids is 1. The first-order chi connectivity index (χ1) is 15.3. The molecule has 0 radical (unpaired) electrons. The van der Waals surface area contributed by atoms with E-state index >= 15 is 0 Å². The first-order valence-electron chi connectivity index (χ1n) is 10.5. The van der Waals surface area contributed by atoms with E-state index < -0.39 is 10.0 Å². The third-order valence-corrected chi connectivity index (χ3v) is 7.31. The van der Waals surface area contributed by atoms with Gasteiger partial charge in [0.15, 0.2) is 0 Å². The maximum absolute atomic E-state index is 12.8. The molecule has 1 fully saturated rings. The zero-order valence-electron chi connectivity index (χ0n) is 18.0. The fourth-order valence-corrected chi connectivity index (χ4v) is 5.61. The van der Waals surface area contributed by atoms with Crippen LogP contribution in [0.25, 0.3) is 4.91 Å². The van der Waals surface area contributed by atoms with Crippen LogP contribution in [0.5, 0.6) is 0 Å². The minimum absolute atomic E-state index is 0.0241. The lowest BCUT2D eigenvalue weighted by Gasteiger charge is -2.33. The quantitative estimate of drug-likeness (QED) is 0.777. The number of hydrogen-bond acceptors (Lipinski definition) is 5. The number of aryl methyl sites for hydroxylation is 1. The average Bonchev–Trinajstić information content (AvgIpc) is 3.03. The molecule has 2 aromatic carbocycles. The van der Waals surface area contributed by atoms with Gasteiger partial charge in [0.1, 0.15) is 10.7 Å². The number of nitriles is 1. The minimum Gasteiger partial charge on any atom is -0.356 e. The van der Waals surface area contributed by atoms with E-state index in [4.69, 9.17) is 5.26 Å². The Morgan fingerprint density at radius 1 is 1.12 bits per heavy atom. The topological polar surface area (TPSA) is 103 Å². The number of sulfonamides is 1. The monoisotopic (exact) mass is 448 g/mol. The first-order valence-corrected chi connectivity index (χ1v) is 11.9. The molecule has 8 heteroatoms. The van der Waals surface area contributed by atoms with Crippen molar-refractivity contribution in [2.75, 3.05) is 13.1 Å². The second-order valence-electron chi connectivity index (χ2n) is 8.14. The molecule has 0 atom stereocenters. The SMILES string of the molecule is CC1=C(c2ccc(C)cc2)S(=O)(=O)N=C1N1CCC(NC(=O)c2cccc(C#N)c2)CC1. The van der Waals surface area contributed by atoms with E-state index in [1.54, 1.807) is 31.2 Å². The van der Waals surface area contributed by atoms with Crippen molar-refractivity contribution in [3.8, 4) is 6.07 Å². The molecular weight excluding hydrogens is 424 g/mol. The molecule has 2 aliphatic rings. The summed E-state index contributed by atoms with van der Waals surface area (Å²) in [4.78, 5) is 14.8. The van der Waals surface area contributed by atoms with Crippen molar-refractivity contribution in [2.45, 2.75) is 32.7 Å². The van der Waals surface area contributed by atoms with Gasteiger partial charge in [-0.1, -0.05) is 35.9 Å². The standard InChI is InChI=1S/C24H24N4O3S/c1-16-6-8-19(9-7-16)22-17(2)23(27-32(22,30)31)28-12-10-21(11-13-28)26-24(29)20-5-3-4-18(14-20)15-25/h3-9,14,21H,10-13H2,1-2H3,(H,26,29). The number of nitrogens with zero attached hydrogens (tertiary/aromatic N) is 3. The van der Waals surface area contributed by atoms with Gasteiger partial charge in [0.25, 0.3) is 15.9 Å². The van der Waals surface area contributed by atoms with Gasteiger partial charge in [-0.05, 0) is 50.5 Å². The normalized spacial score (nSPS) is 18.3. The summed E-state index contributed by atoms with van der Waals surface area (Å²) in [6.07, 6.45) is 1.35. The van der Waals surface area contributed by atoms with Crippen LogP contribution in [0.3, 0.4) is 0 Å². The Bertz CT molecular complexity index is 1260. The summed E-state index contributed by atoms with van der Waals surface area (Å²) >= 11 is 0. The van der Waals surface area contributed by atoms with Crippen molar-refractivity contribution in [2.24, 2.45) is 4.40 Å². The van der Waals surface area contributed by atoms with Crippen LogP contribution in [0, 0.1) is 18.3 Å². The highest BCUT2D eigenvalue weighted by atomic mass is 32.2. The smallest absolute Gasteiger partial charge is 0.285 e. The number of amidine groups is 1. The van der Waals surface area contributed by atoms with Gasteiger partial charge in [0, 0.05) is 30.3 Å². The highest BCUT2D eigenvalue weighted by molar-refractivity contribution is 8.00. The van der Waals surface area contributed by atoms with Gasteiger partial charge in [-0.25, -0.2) is 0 Å². The van der Waals surface area contributed by atoms with E-state index in [0.29, 0.717) is 54.0 Å². The van der Waals surface area contributed by atoms with Crippen molar-refractivity contribution in [3.05, 3.63) is 76.4 Å². The highest BCUT2D eigenvalue weighted by Gasteiger charge is 2.35. The lowest BCUT2D eigenvalue weighted by Crippen LogP contribution is -2.46. The molecule has 0 aromatic heterocycles. The van der Waals surface area contributed by atoms with Crippen LogP contribution in [-0.4, -0.2) is 44.2 Å². The Morgan fingerprint density at radius 2 is 1.81 bits per heavy atom. The largest absolute Gasteiger partial charge is 0.356 e. The molecule has 0 unspecified atom stereocenters. The van der Waals surface area contributed by atoms with Crippen molar-refractivity contribution >= 4 is 26.7 Å². The Morgan fingerprint density at radius 3 is 2.47 bits per heavy atom. The van der Waals surface area contributed by atoms with Gasteiger partial charge in [-0.15, -0.1) is 4.40 Å². The Labute approximate surface area is 188 Å². The van der Waals surface area contributed by atoms with Crippen LogP contribution < -0.4 is 5.32 Å². The number of nitrogens with one attached hydrogen (secondary N) is 1. The maximum Gasteiger partial charge on any atom is 0.285 e. The summed E-state index contributed by atoms with van der Waals surface area (Å²) in [6.45, 7) is 4.94. The predicted octanol–water partition coefficient (Wildman–Crippen LogP) is 3.23. The molecule has 7 nitrogen and oxygen atoms in total. The zero-order chi connectivity index (χ0) is 22.9. The predicted molar refractivity (Wildman–Crippen MR) is 123 cm³/mol. The van der Waals surface area contributed by atoms with Crippen molar-refractivity contribution in [3.63, 3.8) is 0 Å². The van der Waals surface area contributed by atoms with Crippen LogP contribution in [0.4, 0.5) is 0 Å². The number of rotatable bonds is 3. The van der Waals surface area contributed by atoms with E-state index in [9.17, 15) is 13.2 Å². The van der Waals surface area contributed by atoms with Crippen LogP contribution in [0.2, 0.25) is 0 Å². The van der Waals surface area contributed by atoms with Crippen molar-refractivity contribution in [1.29, 1.82) is 5.26 Å². The number of hydrogen-bond donors (Lipinski definition) is 1. The number of carbonyl (C=O) groups is 1. The van der Waals surface area contributed by atoms with E-state index in [-0.39, 0.29) is 16.9 Å². The summed E-state index contributed by atoms with van der Waals surface area (Å²) in [5.74, 6) is 0.283. The van der Waals surface area contributed by atoms with E-state index in [1.165, 1.54) is 0 Å². The summed E-state index contributed by atoms with van der Waals surface area (Å²) < 4.78 is 29.6. The van der Waals surface area contributed by atoms with E-state index in [1.807, 2.05) is 42.2 Å². The molecule has 1 N–H and O–H groups in total. The fourth-order valence-electron chi connectivity index (χ4n) is 4.12. The van der Waals surface area contributed by atoms with Crippen LogP contribution in [-0.2, 0) is 10.0 Å². The number of piperidine rings is 1. The molecule has 32 heavy (non-hydrogen) atoms. The molecule has 2 aliphatic heterocycles. The summed E-state index contributed by atoms with van der Waals surface area (Å²) in [6, 6.07) is 16.0. The fraction of sp³-hybridized carbons (Fsp3) is 0.292. The van der Waals surface area contributed by atoms with Gasteiger partial charge in [0.05, 0.1) is 11.6 Å². The Hall–Kier alpha value is -3.44. The molecule has 1 amide bonds. The molecule has 164 valence electrons. The Balaban J connectivity index is 1.44. The molecule has 4 rings (SSSR count). The maximum atomic E-state index is 12.8. The Kier molecular flexibility index (Phi) is 5.85. The van der Waals surface area contributed by atoms with Crippen molar-refractivity contribution < 1.29 is 13.2 Å². The van der Waals surface area contributed by atoms with Gasteiger partial charge >= 0.3 is 0 Å². The second-order valence-corrected chi connectivity index (χ2v) is 9.68. The number of likely N-dealkylation sites (tertiary alicyclic amines) is 1. The minimum atomic E-state index is -3.75. The van der Waals surface area contributed by atoms with Gasteiger partial charge in [-0.2, -0.15) is 13.7 Å². The lowest BCUT2D eigenvalue weighted by atomic mass is 10.0. The summed E-state index contributed by atoms with van der Waals surface area (Å²) in [7, 11) is -3.75. The zero-order valence-corrected chi connectivity index (χ0v) is 18.8. The third-order valence-electron chi connectivity index (χ3n) is 5.84. The average molecular weight is 449 g/mol. The van der Waals surface area contributed by atoms with Crippen LogP contribution in [0.15, 0.2) is 58.5 Å². The van der Waals surface area contributed by atoms with Gasteiger partial charge < -0.3 is 10.2 Å². The molecule has 0 aliphatic carbocycles. The molecular formula is C24H24N4O3S. The van der Waals surface area contributed by atoms with E-state index in [0.717, 1.165) is 5.56 Å².